The minimum atomic E-state index is -1.21. The molecule has 0 saturated carbocycles. The second kappa shape index (κ2) is 4.63. The topological polar surface area (TPSA) is 53.2 Å². The zero-order valence-electron chi connectivity index (χ0n) is 12.6. The second-order valence-corrected chi connectivity index (χ2v) is 9.05. The molecule has 0 amide bonds. The Hall–Kier alpha value is -0.810. The third kappa shape index (κ3) is 2.87. The van der Waals surface area contributed by atoms with Crippen LogP contribution in [0.1, 0.15) is 59.7 Å². The Morgan fingerprint density at radius 1 is 1.32 bits per heavy atom. The SMILES string of the molecule is CC(C)(C)[C@H]1CC(=N[S+]([O-])C(C)(C)C)c2ccnn21. The first-order chi connectivity index (χ1) is 8.60. The van der Waals surface area contributed by atoms with Crippen LogP contribution in [0.4, 0.5) is 0 Å². The molecule has 5 heteroatoms. The maximum Gasteiger partial charge on any atom is 0.144 e. The smallest absolute Gasteiger partial charge is 0.144 e. The fourth-order valence-corrected chi connectivity index (χ4v) is 2.80. The molecule has 2 heterocycles. The van der Waals surface area contributed by atoms with E-state index in [0.29, 0.717) is 0 Å². The van der Waals surface area contributed by atoms with Gasteiger partial charge in [-0.2, -0.15) is 5.10 Å². The molecule has 1 unspecified atom stereocenters. The van der Waals surface area contributed by atoms with Gasteiger partial charge in [-0.3, -0.25) is 4.68 Å². The van der Waals surface area contributed by atoms with Gasteiger partial charge in [0, 0.05) is 12.6 Å². The number of rotatable bonds is 1. The summed E-state index contributed by atoms with van der Waals surface area (Å²) in [7, 11) is 0. The number of fused-ring (bicyclic) bond motifs is 1. The van der Waals surface area contributed by atoms with E-state index in [1.54, 1.807) is 6.20 Å². The maximum absolute atomic E-state index is 12.2. The van der Waals surface area contributed by atoms with E-state index < -0.39 is 11.4 Å². The van der Waals surface area contributed by atoms with Gasteiger partial charge in [-0.15, -0.1) is 0 Å². The molecule has 4 nitrogen and oxygen atoms in total. The standard InChI is InChI=1S/C14H23N3OS/c1-13(2,3)12-9-10(11-7-8-15-17(11)12)16-19(18)14(4,5)6/h7-8,12H,9H2,1-6H3/t12-,19?/m1/s1. The van der Waals surface area contributed by atoms with Crippen LogP contribution in [0.2, 0.25) is 0 Å². The van der Waals surface area contributed by atoms with Crippen molar-refractivity contribution in [3.63, 3.8) is 0 Å². The zero-order valence-corrected chi connectivity index (χ0v) is 13.4. The third-order valence-corrected chi connectivity index (χ3v) is 4.80. The monoisotopic (exact) mass is 281 g/mol. The van der Waals surface area contributed by atoms with Gasteiger partial charge in [0.05, 0.1) is 11.7 Å². The van der Waals surface area contributed by atoms with Gasteiger partial charge >= 0.3 is 0 Å². The molecule has 0 fully saturated rings. The van der Waals surface area contributed by atoms with E-state index >= 15 is 0 Å². The lowest BCUT2D eigenvalue weighted by Gasteiger charge is -2.27. The Morgan fingerprint density at radius 3 is 2.47 bits per heavy atom. The highest BCUT2D eigenvalue weighted by molar-refractivity contribution is 7.91. The van der Waals surface area contributed by atoms with Gasteiger partial charge in [-0.05, 0) is 32.3 Å². The van der Waals surface area contributed by atoms with E-state index in [2.05, 4.69) is 30.3 Å². The fourth-order valence-electron chi connectivity index (χ4n) is 2.16. The Kier molecular flexibility index (Phi) is 3.56. The average molecular weight is 281 g/mol. The van der Waals surface area contributed by atoms with Gasteiger partial charge in [0.15, 0.2) is 0 Å². The molecule has 0 bridgehead atoms. The molecule has 1 aliphatic heterocycles. The van der Waals surface area contributed by atoms with Crippen molar-refractivity contribution in [1.29, 1.82) is 0 Å². The van der Waals surface area contributed by atoms with Gasteiger partial charge in [-0.25, -0.2) is 0 Å². The minimum Gasteiger partial charge on any atom is -0.591 e. The van der Waals surface area contributed by atoms with Gasteiger partial charge in [-0.1, -0.05) is 25.2 Å². The molecule has 0 saturated heterocycles. The Balaban J connectivity index is 2.35. The van der Waals surface area contributed by atoms with E-state index in [1.807, 2.05) is 31.5 Å². The van der Waals surface area contributed by atoms with Crippen molar-refractivity contribution < 1.29 is 4.55 Å². The summed E-state index contributed by atoms with van der Waals surface area (Å²) in [6.07, 6.45) is 2.61. The van der Waals surface area contributed by atoms with E-state index in [1.165, 1.54) is 0 Å². The highest BCUT2D eigenvalue weighted by atomic mass is 32.2. The van der Waals surface area contributed by atoms with Crippen LogP contribution in [0, 0.1) is 5.41 Å². The van der Waals surface area contributed by atoms with Crippen LogP contribution in [-0.2, 0) is 11.4 Å². The van der Waals surface area contributed by atoms with Crippen LogP contribution in [0.3, 0.4) is 0 Å². The summed E-state index contributed by atoms with van der Waals surface area (Å²) in [5.41, 5.74) is 2.05. The molecule has 106 valence electrons. The Labute approximate surface area is 118 Å². The lowest BCUT2D eigenvalue weighted by Crippen LogP contribution is -2.27. The quantitative estimate of drug-likeness (QED) is 0.743. The van der Waals surface area contributed by atoms with Crippen LogP contribution in [0.15, 0.2) is 16.7 Å². The summed E-state index contributed by atoms with van der Waals surface area (Å²) in [6, 6.07) is 2.25. The molecule has 0 spiro atoms. The van der Waals surface area contributed by atoms with E-state index in [0.717, 1.165) is 17.8 Å². The van der Waals surface area contributed by atoms with E-state index in [4.69, 9.17) is 0 Å². The molecule has 1 aliphatic rings. The lowest BCUT2D eigenvalue weighted by atomic mass is 9.85. The second-order valence-electron chi connectivity index (χ2n) is 7.15. The molecule has 19 heavy (non-hydrogen) atoms. The molecule has 0 aliphatic carbocycles. The van der Waals surface area contributed by atoms with Crippen molar-refractivity contribution in [3.8, 4) is 0 Å². The Morgan fingerprint density at radius 2 is 1.95 bits per heavy atom. The molecule has 0 radical (unpaired) electrons. The van der Waals surface area contributed by atoms with Gasteiger partial charge in [0.2, 0.25) is 0 Å². The van der Waals surface area contributed by atoms with Crippen molar-refractivity contribution in [1.82, 2.24) is 9.78 Å². The van der Waals surface area contributed by atoms with Crippen LogP contribution >= 0.6 is 0 Å². The molecule has 2 atom stereocenters. The van der Waals surface area contributed by atoms with Crippen LogP contribution < -0.4 is 0 Å². The van der Waals surface area contributed by atoms with Crippen LogP contribution in [0.5, 0.6) is 0 Å². The minimum absolute atomic E-state index is 0.112. The summed E-state index contributed by atoms with van der Waals surface area (Å²) in [4.78, 5) is 0. The van der Waals surface area contributed by atoms with Gasteiger partial charge < -0.3 is 4.55 Å². The first-order valence-electron chi connectivity index (χ1n) is 6.64. The van der Waals surface area contributed by atoms with Crippen molar-refractivity contribution in [3.05, 3.63) is 18.0 Å². The maximum atomic E-state index is 12.2. The number of hydrogen-bond acceptors (Lipinski definition) is 3. The normalized spacial score (nSPS) is 23.7. The summed E-state index contributed by atoms with van der Waals surface area (Å²) >= 11 is -1.21. The van der Waals surface area contributed by atoms with E-state index in [9.17, 15) is 4.55 Å². The van der Waals surface area contributed by atoms with E-state index in [-0.39, 0.29) is 16.2 Å². The van der Waals surface area contributed by atoms with Crippen LogP contribution in [0.25, 0.3) is 0 Å². The zero-order chi connectivity index (χ0) is 14.4. The molecule has 1 aromatic rings. The predicted molar refractivity (Wildman–Crippen MR) is 79.8 cm³/mol. The summed E-state index contributed by atoms with van der Waals surface area (Å²) in [5, 5.41) is 4.40. The number of aromatic nitrogens is 2. The summed E-state index contributed by atoms with van der Waals surface area (Å²) in [6.45, 7) is 12.4. The van der Waals surface area contributed by atoms with Crippen molar-refractivity contribution >= 4 is 17.1 Å². The molecule has 1 aromatic heterocycles. The first kappa shape index (κ1) is 14.6. The molecule has 0 N–H and O–H groups in total. The average Bonchev–Trinajstić information content (AvgIpc) is 2.77. The molecular weight excluding hydrogens is 258 g/mol. The fraction of sp³-hybridized carbons (Fsp3) is 0.714. The summed E-state index contributed by atoms with van der Waals surface area (Å²) < 4.78 is 18.4. The molecular formula is C14H23N3OS. The first-order valence-corrected chi connectivity index (χ1v) is 7.75. The van der Waals surface area contributed by atoms with Gasteiger partial charge in [0.25, 0.3) is 0 Å². The van der Waals surface area contributed by atoms with Crippen LogP contribution in [-0.4, -0.2) is 24.8 Å². The number of hydrogen-bond donors (Lipinski definition) is 0. The van der Waals surface area contributed by atoms with Crippen molar-refractivity contribution in [2.24, 2.45) is 9.81 Å². The highest BCUT2D eigenvalue weighted by Crippen LogP contribution is 2.39. The molecule has 0 aromatic carbocycles. The summed E-state index contributed by atoms with van der Waals surface area (Å²) in [5.74, 6) is 0. The number of nitrogens with zero attached hydrogens (tertiary/aromatic N) is 3. The lowest BCUT2D eigenvalue weighted by molar-refractivity contribution is 0.242. The van der Waals surface area contributed by atoms with Gasteiger partial charge in [0.1, 0.15) is 21.8 Å². The third-order valence-electron chi connectivity index (χ3n) is 3.36. The predicted octanol–water partition coefficient (Wildman–Crippen LogP) is 3.13. The Bertz CT molecular complexity index is 494. The van der Waals surface area contributed by atoms with Crippen molar-refractivity contribution in [2.75, 3.05) is 0 Å². The van der Waals surface area contributed by atoms with Crippen molar-refractivity contribution in [2.45, 2.75) is 58.8 Å². The molecule has 2 rings (SSSR count). The highest BCUT2D eigenvalue weighted by Gasteiger charge is 2.38. The largest absolute Gasteiger partial charge is 0.591 e.